The molecule has 0 fully saturated rings. The molecule has 61 heavy (non-hydrogen) atoms. The average Bonchev–Trinajstić information content (AvgIpc) is 3.21. The van der Waals surface area contributed by atoms with Crippen LogP contribution in [0.1, 0.15) is 251 Å². The van der Waals surface area contributed by atoms with Crippen molar-refractivity contribution in [2.45, 2.75) is 264 Å². The van der Waals surface area contributed by atoms with Gasteiger partial charge in [0.2, 0.25) is 5.91 Å². The van der Waals surface area contributed by atoms with Gasteiger partial charge in [-0.3, -0.25) is 9.36 Å². The Balaban J connectivity index is 4.07. The molecule has 2 N–H and O–H groups in total. The number of phosphoric acid groups is 1. The number of quaternary nitrogens is 1. The van der Waals surface area contributed by atoms with Gasteiger partial charge in [-0.15, -0.1) is 0 Å². The van der Waals surface area contributed by atoms with Gasteiger partial charge in [0.05, 0.1) is 39.9 Å². The second kappa shape index (κ2) is 44.2. The number of carbonyl (C=O) groups excluding carboxylic acids is 1. The molecular weight excluding hydrogens is 780 g/mol. The van der Waals surface area contributed by atoms with Crippen molar-refractivity contribution in [3.05, 3.63) is 24.3 Å². The van der Waals surface area contributed by atoms with E-state index in [-0.39, 0.29) is 19.1 Å². The molecule has 0 rings (SSSR count). The van der Waals surface area contributed by atoms with Crippen molar-refractivity contribution < 1.29 is 32.9 Å². The van der Waals surface area contributed by atoms with Gasteiger partial charge in [-0.25, -0.2) is 0 Å². The molecular formula is C52H103N2O6P. The van der Waals surface area contributed by atoms with E-state index in [2.05, 4.69) is 31.3 Å². The van der Waals surface area contributed by atoms with Gasteiger partial charge in [0, 0.05) is 6.42 Å². The summed E-state index contributed by atoms with van der Waals surface area (Å²) in [7, 11) is 1.26. The summed E-state index contributed by atoms with van der Waals surface area (Å²) < 4.78 is 23.2. The lowest BCUT2D eigenvalue weighted by molar-refractivity contribution is -0.870. The zero-order chi connectivity index (χ0) is 45.0. The number of unbranched alkanes of at least 4 members (excludes halogenated alkanes) is 33. The molecule has 9 heteroatoms. The summed E-state index contributed by atoms with van der Waals surface area (Å²) >= 11 is 0. The van der Waals surface area contributed by atoms with Crippen molar-refractivity contribution in [3.8, 4) is 0 Å². The Kier molecular flexibility index (Phi) is 43.5. The van der Waals surface area contributed by atoms with Crippen LogP contribution in [0.2, 0.25) is 0 Å². The van der Waals surface area contributed by atoms with Crippen LogP contribution in [0.15, 0.2) is 24.3 Å². The Labute approximate surface area is 379 Å². The van der Waals surface area contributed by atoms with E-state index in [1.54, 1.807) is 6.08 Å². The average molecular weight is 883 g/mol. The van der Waals surface area contributed by atoms with Crippen LogP contribution in [0.3, 0.4) is 0 Å². The number of nitrogens with zero attached hydrogens (tertiary/aromatic N) is 1. The second-order valence-electron chi connectivity index (χ2n) is 19.2. The molecule has 0 spiro atoms. The Bertz CT molecular complexity index is 1050. The lowest BCUT2D eigenvalue weighted by Gasteiger charge is -2.29. The normalized spacial score (nSPS) is 14.3. The lowest BCUT2D eigenvalue weighted by Crippen LogP contribution is -2.45. The minimum atomic E-state index is -4.59. The Hall–Kier alpha value is -1.02. The van der Waals surface area contributed by atoms with Crippen LogP contribution in [0.4, 0.5) is 0 Å². The topological polar surface area (TPSA) is 108 Å². The van der Waals surface area contributed by atoms with Crippen molar-refractivity contribution in [1.29, 1.82) is 0 Å². The third kappa shape index (κ3) is 46.8. The number of aliphatic hydroxyl groups excluding tert-OH is 1. The summed E-state index contributed by atoms with van der Waals surface area (Å²) in [6.45, 7) is 4.59. The van der Waals surface area contributed by atoms with Crippen molar-refractivity contribution in [1.82, 2.24) is 5.32 Å². The van der Waals surface area contributed by atoms with Gasteiger partial charge in [-0.05, 0) is 38.5 Å². The zero-order valence-electron chi connectivity index (χ0n) is 41.1. The van der Waals surface area contributed by atoms with E-state index in [0.29, 0.717) is 17.4 Å². The third-order valence-electron chi connectivity index (χ3n) is 11.9. The number of phosphoric ester groups is 1. The molecule has 8 nitrogen and oxygen atoms in total. The smallest absolute Gasteiger partial charge is 0.268 e. The predicted molar refractivity (Wildman–Crippen MR) is 261 cm³/mol. The van der Waals surface area contributed by atoms with Gasteiger partial charge in [-0.1, -0.05) is 231 Å². The Morgan fingerprint density at radius 3 is 1.34 bits per heavy atom. The first-order chi connectivity index (χ1) is 29.5. The summed E-state index contributed by atoms with van der Waals surface area (Å²) in [5.74, 6) is -0.208. The minimum Gasteiger partial charge on any atom is -0.756 e. The van der Waals surface area contributed by atoms with Crippen LogP contribution >= 0.6 is 7.82 Å². The summed E-state index contributed by atoms with van der Waals surface area (Å²) in [4.78, 5) is 25.3. The van der Waals surface area contributed by atoms with Gasteiger partial charge < -0.3 is 28.8 Å². The SMILES string of the molecule is CCC/C=C\CCCCCCCC(=O)NC(COP(=O)([O-])OCC[N+](C)(C)C)C(O)/C=C/CCCCCCCCCCCCCCCCCCCCCCCCCCCCC. The first kappa shape index (κ1) is 60.0. The highest BCUT2D eigenvalue weighted by atomic mass is 31.2. The number of amides is 1. The highest BCUT2D eigenvalue weighted by molar-refractivity contribution is 7.45. The molecule has 0 aliphatic carbocycles. The zero-order valence-corrected chi connectivity index (χ0v) is 42.0. The van der Waals surface area contributed by atoms with Crippen LogP contribution in [0.5, 0.6) is 0 Å². The summed E-state index contributed by atoms with van der Waals surface area (Å²) in [5.41, 5.74) is 0. The molecule has 1 amide bonds. The Morgan fingerprint density at radius 2 is 0.934 bits per heavy atom. The molecule has 0 aromatic carbocycles. The van der Waals surface area contributed by atoms with E-state index in [9.17, 15) is 19.4 Å². The fourth-order valence-electron chi connectivity index (χ4n) is 7.74. The number of likely N-dealkylation sites (N-methyl/N-ethyl adjacent to an activating group) is 1. The van der Waals surface area contributed by atoms with Gasteiger partial charge >= 0.3 is 0 Å². The van der Waals surface area contributed by atoms with Gasteiger partial charge in [-0.2, -0.15) is 0 Å². The fourth-order valence-corrected chi connectivity index (χ4v) is 8.47. The minimum absolute atomic E-state index is 0.00155. The van der Waals surface area contributed by atoms with Crippen molar-refractivity contribution in [3.63, 3.8) is 0 Å². The van der Waals surface area contributed by atoms with Crippen LogP contribution in [-0.2, 0) is 18.4 Å². The maximum Gasteiger partial charge on any atom is 0.268 e. The van der Waals surface area contributed by atoms with Crippen LogP contribution < -0.4 is 10.2 Å². The van der Waals surface area contributed by atoms with Gasteiger partial charge in [0.1, 0.15) is 13.2 Å². The predicted octanol–water partition coefficient (Wildman–Crippen LogP) is 14.6. The summed E-state index contributed by atoms with van der Waals surface area (Å²) in [6.07, 6.45) is 54.1. The number of carbonyl (C=O) groups is 1. The molecule has 0 aliphatic rings. The molecule has 0 aromatic rings. The fraction of sp³-hybridized carbons (Fsp3) is 0.904. The molecule has 0 radical (unpaired) electrons. The lowest BCUT2D eigenvalue weighted by atomic mass is 10.0. The largest absolute Gasteiger partial charge is 0.756 e. The summed E-state index contributed by atoms with van der Waals surface area (Å²) in [5, 5.41) is 13.8. The molecule has 0 aromatic heterocycles. The van der Waals surface area contributed by atoms with Gasteiger partial charge in [0.25, 0.3) is 7.82 Å². The van der Waals surface area contributed by atoms with E-state index in [0.717, 1.165) is 64.2 Å². The summed E-state index contributed by atoms with van der Waals surface area (Å²) in [6, 6.07) is -0.887. The third-order valence-corrected chi connectivity index (χ3v) is 12.9. The quantitative estimate of drug-likeness (QED) is 0.0273. The first-order valence-electron chi connectivity index (χ1n) is 26.2. The number of hydrogen-bond donors (Lipinski definition) is 2. The maximum absolute atomic E-state index is 12.8. The van der Waals surface area contributed by atoms with E-state index < -0.39 is 20.0 Å². The Morgan fingerprint density at radius 1 is 0.557 bits per heavy atom. The number of allylic oxidation sites excluding steroid dienone is 3. The van der Waals surface area contributed by atoms with Crippen molar-refractivity contribution >= 4 is 13.7 Å². The van der Waals surface area contributed by atoms with E-state index in [1.807, 2.05) is 27.2 Å². The van der Waals surface area contributed by atoms with Crippen LogP contribution in [0, 0.1) is 0 Å². The second-order valence-corrected chi connectivity index (χ2v) is 20.6. The number of hydrogen-bond acceptors (Lipinski definition) is 6. The monoisotopic (exact) mass is 883 g/mol. The molecule has 0 bridgehead atoms. The standard InChI is InChI=1S/C52H103N2O6P/c1-6-8-10-12-14-16-18-19-20-21-22-23-24-25-26-27-28-29-30-31-32-33-34-35-36-37-39-41-43-45-51(55)50(49-60-61(57,58)59-48-47-54(3,4)5)53-52(56)46-44-42-40-38-17-15-13-11-9-7-2/h11,13,43,45,50-51,55H,6-10,12,14-42,44,46-49H2,1-5H3,(H-,53,56,57,58)/b13-11-,45-43+. The molecule has 0 saturated carbocycles. The van der Waals surface area contributed by atoms with Crippen molar-refractivity contribution in [2.24, 2.45) is 0 Å². The highest BCUT2D eigenvalue weighted by Crippen LogP contribution is 2.38. The van der Waals surface area contributed by atoms with E-state index in [4.69, 9.17) is 9.05 Å². The molecule has 362 valence electrons. The van der Waals surface area contributed by atoms with Gasteiger partial charge in [0.15, 0.2) is 0 Å². The number of nitrogens with one attached hydrogen (secondary N) is 1. The number of rotatable bonds is 48. The maximum atomic E-state index is 12.8. The molecule has 0 aliphatic heterocycles. The van der Waals surface area contributed by atoms with E-state index >= 15 is 0 Å². The molecule has 3 unspecified atom stereocenters. The highest BCUT2D eigenvalue weighted by Gasteiger charge is 2.23. The molecule has 0 heterocycles. The molecule has 0 saturated heterocycles. The van der Waals surface area contributed by atoms with Crippen LogP contribution in [-0.4, -0.2) is 68.5 Å². The van der Waals surface area contributed by atoms with Crippen molar-refractivity contribution in [2.75, 3.05) is 40.9 Å². The first-order valence-corrected chi connectivity index (χ1v) is 27.7. The van der Waals surface area contributed by atoms with E-state index in [1.165, 1.54) is 167 Å². The van der Waals surface area contributed by atoms with Crippen LogP contribution in [0.25, 0.3) is 0 Å². The molecule has 3 atom stereocenters. The number of aliphatic hydroxyl groups is 1.